The summed E-state index contributed by atoms with van der Waals surface area (Å²) in [7, 11) is 1.64. The largest absolute Gasteiger partial charge is 0.358 e. The molecule has 2 aromatic carbocycles. The quantitative estimate of drug-likeness (QED) is 0.666. The smallest absolute Gasteiger partial charge is 0.254 e. The molecule has 1 atom stereocenters. The first-order chi connectivity index (χ1) is 15.2. The summed E-state index contributed by atoms with van der Waals surface area (Å²) in [6, 6.07) is 19.2. The summed E-state index contributed by atoms with van der Waals surface area (Å²) in [6.45, 7) is 2.79. The van der Waals surface area contributed by atoms with Crippen molar-refractivity contribution in [1.82, 2.24) is 24.9 Å². The molecule has 1 saturated heterocycles. The third-order valence-electron chi connectivity index (χ3n) is 5.70. The summed E-state index contributed by atoms with van der Waals surface area (Å²) in [5.41, 5.74) is 2.73. The molecule has 7 heteroatoms. The molecule has 31 heavy (non-hydrogen) atoms. The molecule has 7 nitrogen and oxygen atoms in total. The van der Waals surface area contributed by atoms with Gasteiger partial charge in [0.15, 0.2) is 0 Å². The molecule has 1 aromatic heterocycles. The van der Waals surface area contributed by atoms with Crippen LogP contribution >= 0.6 is 0 Å². The molecular weight excluding hydrogens is 390 g/mol. The lowest BCUT2D eigenvalue weighted by Crippen LogP contribution is -2.59. The highest BCUT2D eigenvalue weighted by Gasteiger charge is 2.34. The van der Waals surface area contributed by atoms with Crippen LogP contribution in [-0.4, -0.2) is 64.1 Å². The van der Waals surface area contributed by atoms with Gasteiger partial charge in [0.2, 0.25) is 5.91 Å². The molecule has 160 valence electrons. The van der Waals surface area contributed by atoms with E-state index in [9.17, 15) is 9.59 Å². The van der Waals surface area contributed by atoms with Crippen molar-refractivity contribution >= 4 is 11.8 Å². The Labute approximate surface area is 182 Å². The fraction of sp³-hybridized carbons (Fsp3) is 0.292. The maximum absolute atomic E-state index is 13.4. The van der Waals surface area contributed by atoms with Crippen molar-refractivity contribution in [1.29, 1.82) is 0 Å². The lowest BCUT2D eigenvalue weighted by atomic mass is 10.0. The number of carbonyl (C=O) groups excluding carboxylic acids is 2. The number of rotatable bonds is 6. The highest BCUT2D eigenvalue weighted by Crippen LogP contribution is 2.19. The summed E-state index contributed by atoms with van der Waals surface area (Å²) < 4.78 is 1.80. The zero-order chi connectivity index (χ0) is 21.6. The summed E-state index contributed by atoms with van der Waals surface area (Å²) in [5.74, 6) is -0.116. The van der Waals surface area contributed by atoms with Gasteiger partial charge in [0.05, 0.1) is 6.54 Å². The maximum atomic E-state index is 13.4. The van der Waals surface area contributed by atoms with E-state index in [4.69, 9.17) is 0 Å². The summed E-state index contributed by atoms with van der Waals surface area (Å²) in [4.78, 5) is 30.0. The summed E-state index contributed by atoms with van der Waals surface area (Å²) in [5, 5.41) is 7.01. The van der Waals surface area contributed by atoms with Gasteiger partial charge in [0.25, 0.3) is 5.91 Å². The van der Waals surface area contributed by atoms with Crippen LogP contribution in [0.1, 0.15) is 21.5 Å². The molecule has 0 radical (unpaired) electrons. The van der Waals surface area contributed by atoms with Gasteiger partial charge in [0, 0.05) is 51.2 Å². The Morgan fingerprint density at radius 1 is 1.00 bits per heavy atom. The lowest BCUT2D eigenvalue weighted by Gasteiger charge is -2.40. The van der Waals surface area contributed by atoms with Gasteiger partial charge < -0.3 is 10.2 Å². The Kier molecular flexibility index (Phi) is 6.43. The van der Waals surface area contributed by atoms with Crippen molar-refractivity contribution in [3.8, 4) is 0 Å². The van der Waals surface area contributed by atoms with E-state index >= 15 is 0 Å². The van der Waals surface area contributed by atoms with Crippen LogP contribution in [0.15, 0.2) is 73.1 Å². The van der Waals surface area contributed by atoms with Crippen molar-refractivity contribution < 1.29 is 9.59 Å². The van der Waals surface area contributed by atoms with E-state index in [1.165, 1.54) is 0 Å². The minimum atomic E-state index is -0.388. The van der Waals surface area contributed by atoms with Crippen LogP contribution in [-0.2, 0) is 17.9 Å². The number of nitrogens with one attached hydrogen (secondary N) is 1. The Balaban J connectivity index is 1.52. The van der Waals surface area contributed by atoms with E-state index in [-0.39, 0.29) is 17.9 Å². The van der Waals surface area contributed by atoms with E-state index in [0.29, 0.717) is 38.3 Å². The molecule has 4 rings (SSSR count). The first-order valence-corrected chi connectivity index (χ1v) is 10.5. The normalized spacial score (nSPS) is 16.8. The zero-order valence-electron chi connectivity index (χ0n) is 17.6. The Morgan fingerprint density at radius 2 is 1.77 bits per heavy atom. The van der Waals surface area contributed by atoms with Crippen LogP contribution in [0.3, 0.4) is 0 Å². The van der Waals surface area contributed by atoms with Gasteiger partial charge in [-0.1, -0.05) is 48.5 Å². The lowest BCUT2D eigenvalue weighted by molar-refractivity contribution is -0.128. The molecule has 1 fully saturated rings. The molecule has 1 aliphatic rings. The van der Waals surface area contributed by atoms with Crippen LogP contribution in [0.25, 0.3) is 0 Å². The molecule has 2 amide bonds. The number of benzene rings is 2. The van der Waals surface area contributed by atoms with E-state index < -0.39 is 0 Å². The molecule has 0 unspecified atom stereocenters. The Hall–Kier alpha value is -3.45. The van der Waals surface area contributed by atoms with Crippen molar-refractivity contribution in [3.63, 3.8) is 0 Å². The second kappa shape index (κ2) is 9.57. The maximum Gasteiger partial charge on any atom is 0.254 e. The second-order valence-electron chi connectivity index (χ2n) is 7.70. The summed E-state index contributed by atoms with van der Waals surface area (Å²) in [6.07, 6.45) is 3.61. The van der Waals surface area contributed by atoms with Crippen molar-refractivity contribution in [2.24, 2.45) is 0 Å². The van der Waals surface area contributed by atoms with Crippen LogP contribution < -0.4 is 5.32 Å². The number of amides is 2. The van der Waals surface area contributed by atoms with Gasteiger partial charge in [-0.2, -0.15) is 5.10 Å². The zero-order valence-corrected chi connectivity index (χ0v) is 17.6. The highest BCUT2D eigenvalue weighted by atomic mass is 16.2. The molecule has 0 aliphatic carbocycles. The van der Waals surface area contributed by atoms with Crippen molar-refractivity contribution in [3.05, 3.63) is 89.7 Å². The Bertz CT molecular complexity index is 1020. The highest BCUT2D eigenvalue weighted by molar-refractivity contribution is 5.96. The van der Waals surface area contributed by atoms with E-state index in [2.05, 4.69) is 27.4 Å². The van der Waals surface area contributed by atoms with Crippen molar-refractivity contribution in [2.75, 3.05) is 26.7 Å². The number of aromatic nitrogens is 2. The van der Waals surface area contributed by atoms with Gasteiger partial charge >= 0.3 is 0 Å². The first-order valence-electron chi connectivity index (χ1n) is 10.5. The fourth-order valence-corrected chi connectivity index (χ4v) is 4.03. The molecule has 3 aromatic rings. The standard InChI is InChI=1S/C24H27N5O2/c1-25-23(30)22-18-28(15-14-27(22)16-19-8-3-2-4-9-19)24(31)21-11-6-5-10-20(21)17-29-13-7-12-26-29/h2-13,22H,14-18H2,1H3,(H,25,30)/t22-/m0/s1. The molecule has 2 heterocycles. The number of piperazine rings is 1. The Morgan fingerprint density at radius 3 is 2.52 bits per heavy atom. The van der Waals surface area contributed by atoms with Crippen LogP contribution in [0.2, 0.25) is 0 Å². The van der Waals surface area contributed by atoms with Gasteiger partial charge in [-0.05, 0) is 23.3 Å². The van der Waals surface area contributed by atoms with Crippen LogP contribution in [0, 0.1) is 0 Å². The minimum Gasteiger partial charge on any atom is -0.358 e. The van der Waals surface area contributed by atoms with Crippen molar-refractivity contribution in [2.45, 2.75) is 19.1 Å². The molecule has 0 spiro atoms. The molecule has 0 bridgehead atoms. The SMILES string of the molecule is CNC(=O)[C@@H]1CN(C(=O)c2ccccc2Cn2cccn2)CCN1Cc1ccccc1. The third-order valence-corrected chi connectivity index (χ3v) is 5.70. The third kappa shape index (κ3) is 4.83. The van der Waals surface area contributed by atoms with Gasteiger partial charge in [0.1, 0.15) is 6.04 Å². The monoisotopic (exact) mass is 417 g/mol. The van der Waals surface area contributed by atoms with Crippen LogP contribution in [0.4, 0.5) is 0 Å². The van der Waals surface area contributed by atoms with Gasteiger partial charge in [-0.25, -0.2) is 0 Å². The van der Waals surface area contributed by atoms with Gasteiger partial charge in [-0.3, -0.25) is 19.2 Å². The number of hydrogen-bond acceptors (Lipinski definition) is 4. The van der Waals surface area contributed by atoms with E-state index in [0.717, 1.165) is 11.1 Å². The second-order valence-corrected chi connectivity index (χ2v) is 7.70. The topological polar surface area (TPSA) is 70.5 Å². The van der Waals surface area contributed by atoms with E-state index in [1.54, 1.807) is 22.8 Å². The predicted molar refractivity (Wildman–Crippen MR) is 118 cm³/mol. The fourth-order valence-electron chi connectivity index (χ4n) is 4.03. The predicted octanol–water partition coefficient (Wildman–Crippen LogP) is 2.00. The van der Waals surface area contributed by atoms with Crippen LogP contribution in [0.5, 0.6) is 0 Å². The molecule has 1 N–H and O–H groups in total. The average molecular weight is 418 g/mol. The van der Waals surface area contributed by atoms with Gasteiger partial charge in [-0.15, -0.1) is 0 Å². The number of nitrogens with zero attached hydrogens (tertiary/aromatic N) is 4. The number of hydrogen-bond donors (Lipinski definition) is 1. The van der Waals surface area contributed by atoms with E-state index in [1.807, 2.05) is 54.7 Å². The number of carbonyl (C=O) groups is 2. The average Bonchev–Trinajstić information content (AvgIpc) is 3.32. The molecule has 0 saturated carbocycles. The molecular formula is C24H27N5O2. The summed E-state index contributed by atoms with van der Waals surface area (Å²) >= 11 is 0. The minimum absolute atomic E-state index is 0.0454. The number of likely N-dealkylation sites (N-methyl/N-ethyl adjacent to an activating group) is 1. The molecule has 1 aliphatic heterocycles. The first kappa shape index (κ1) is 20.8.